The molecule has 0 aromatic rings. The van der Waals surface area contributed by atoms with E-state index in [2.05, 4.69) is 6.58 Å². The van der Waals surface area contributed by atoms with Gasteiger partial charge in [0.15, 0.2) is 0 Å². The molecule has 0 atom stereocenters. The highest BCUT2D eigenvalue weighted by Crippen LogP contribution is 1.95. The molecule has 0 aliphatic rings. The molecule has 50 valence electrons. The van der Waals surface area contributed by atoms with E-state index in [1.807, 2.05) is 0 Å². The summed E-state index contributed by atoms with van der Waals surface area (Å²) < 4.78 is 12.1. The first-order valence-electron chi connectivity index (χ1n) is 2.57. The fourth-order valence-corrected chi connectivity index (χ4v) is 0.289. The van der Waals surface area contributed by atoms with Crippen LogP contribution in [0.5, 0.6) is 0 Å². The van der Waals surface area contributed by atoms with Crippen molar-refractivity contribution < 1.29 is 9.50 Å². The van der Waals surface area contributed by atoms with Gasteiger partial charge in [-0.2, -0.15) is 0 Å². The van der Waals surface area contributed by atoms with Crippen LogP contribution in [0.4, 0.5) is 4.39 Å². The zero-order chi connectivity index (χ0) is 7.11. The van der Waals surface area contributed by atoms with Gasteiger partial charge in [0.05, 0.1) is 6.61 Å². The van der Waals surface area contributed by atoms with Crippen LogP contribution in [-0.4, -0.2) is 11.7 Å². The summed E-state index contributed by atoms with van der Waals surface area (Å²) in [7, 11) is 0. The van der Waals surface area contributed by atoms with E-state index < -0.39 is 5.83 Å². The van der Waals surface area contributed by atoms with Crippen molar-refractivity contribution in [2.24, 2.45) is 0 Å². The number of allylic oxidation sites excluding steroid dienone is 4. The molecular weight excluding hydrogens is 119 g/mol. The molecule has 1 nitrogen and oxygen atoms in total. The van der Waals surface area contributed by atoms with Crippen molar-refractivity contribution in [3.63, 3.8) is 0 Å². The molecule has 0 rings (SSSR count). The molecule has 0 saturated carbocycles. The number of hydrogen-bond donors (Lipinski definition) is 1. The summed E-state index contributed by atoms with van der Waals surface area (Å²) in [5.41, 5.74) is 0. The second-order valence-corrected chi connectivity index (χ2v) is 1.37. The molecule has 0 radical (unpaired) electrons. The first-order valence-corrected chi connectivity index (χ1v) is 2.57. The molecule has 0 fully saturated rings. The monoisotopic (exact) mass is 128 g/mol. The average molecular weight is 128 g/mol. The van der Waals surface area contributed by atoms with E-state index in [0.29, 0.717) is 0 Å². The van der Waals surface area contributed by atoms with Gasteiger partial charge in [-0.15, -0.1) is 0 Å². The fourth-order valence-electron chi connectivity index (χ4n) is 0.289. The van der Waals surface area contributed by atoms with Crippen molar-refractivity contribution in [3.8, 4) is 0 Å². The Hall–Kier alpha value is -0.890. The zero-order valence-corrected chi connectivity index (χ0v) is 5.05. The average Bonchev–Trinajstić information content (AvgIpc) is 1.89. The third kappa shape index (κ3) is 4.97. The lowest BCUT2D eigenvalue weighted by Gasteiger charge is -1.78. The van der Waals surface area contributed by atoms with Crippen molar-refractivity contribution >= 4 is 0 Å². The first kappa shape index (κ1) is 8.11. The predicted molar refractivity (Wildman–Crippen MR) is 35.6 cm³/mol. The molecule has 0 saturated heterocycles. The van der Waals surface area contributed by atoms with Crippen molar-refractivity contribution in [2.75, 3.05) is 6.61 Å². The highest BCUT2D eigenvalue weighted by molar-refractivity contribution is 5.15. The van der Waals surface area contributed by atoms with E-state index in [0.717, 1.165) is 6.08 Å². The molecule has 0 heterocycles. The third-order valence-electron chi connectivity index (χ3n) is 0.692. The van der Waals surface area contributed by atoms with Gasteiger partial charge in [-0.05, 0) is 12.2 Å². The third-order valence-corrected chi connectivity index (χ3v) is 0.692. The van der Waals surface area contributed by atoms with Crippen molar-refractivity contribution in [1.82, 2.24) is 0 Å². The summed E-state index contributed by atoms with van der Waals surface area (Å²) in [4.78, 5) is 0. The smallest absolute Gasteiger partial charge is 0.122 e. The van der Waals surface area contributed by atoms with E-state index >= 15 is 0 Å². The van der Waals surface area contributed by atoms with Gasteiger partial charge in [0.2, 0.25) is 0 Å². The molecule has 9 heavy (non-hydrogen) atoms. The molecule has 2 heteroatoms. The standard InChI is InChI=1S/C7H9FO/c1-2-7(8)5-3-4-6-9/h2-5,9H,1,6H2/b4-3+,7-5+. The van der Waals surface area contributed by atoms with Crippen molar-refractivity contribution in [2.45, 2.75) is 0 Å². The Morgan fingerprint density at radius 2 is 2.33 bits per heavy atom. The number of halogens is 1. The predicted octanol–water partition coefficient (Wildman–Crippen LogP) is 1.57. The maximum atomic E-state index is 12.1. The Bertz CT molecular complexity index is 136. The SMILES string of the molecule is C=C/C(F)=C\C=C\CO. The zero-order valence-electron chi connectivity index (χ0n) is 5.05. The Morgan fingerprint density at radius 1 is 1.67 bits per heavy atom. The van der Waals surface area contributed by atoms with E-state index in [9.17, 15) is 4.39 Å². The number of aliphatic hydroxyl groups excluding tert-OH is 1. The summed E-state index contributed by atoms with van der Waals surface area (Å²) in [5, 5.41) is 8.19. The van der Waals surface area contributed by atoms with E-state index in [1.165, 1.54) is 18.2 Å². The van der Waals surface area contributed by atoms with Crippen LogP contribution < -0.4 is 0 Å². The van der Waals surface area contributed by atoms with Crippen LogP contribution in [0.2, 0.25) is 0 Å². The summed E-state index contributed by atoms with van der Waals surface area (Å²) >= 11 is 0. The summed E-state index contributed by atoms with van der Waals surface area (Å²) in [6.45, 7) is 3.13. The van der Waals surface area contributed by atoms with Crippen LogP contribution in [-0.2, 0) is 0 Å². The topological polar surface area (TPSA) is 20.2 Å². The normalized spacial score (nSPS) is 12.4. The van der Waals surface area contributed by atoms with Crippen LogP contribution in [0.25, 0.3) is 0 Å². The summed E-state index contributed by atoms with van der Waals surface area (Å²) in [6, 6.07) is 0. The highest BCUT2D eigenvalue weighted by Gasteiger charge is 1.77. The molecule has 1 N–H and O–H groups in total. The van der Waals surface area contributed by atoms with Crippen LogP contribution in [0.3, 0.4) is 0 Å². The second kappa shape index (κ2) is 5.25. The van der Waals surface area contributed by atoms with Crippen LogP contribution >= 0.6 is 0 Å². The van der Waals surface area contributed by atoms with Crippen molar-refractivity contribution in [1.29, 1.82) is 0 Å². The van der Waals surface area contributed by atoms with Gasteiger partial charge in [-0.25, -0.2) is 4.39 Å². The molecule has 0 aliphatic heterocycles. The van der Waals surface area contributed by atoms with Gasteiger partial charge in [-0.1, -0.05) is 18.7 Å². The maximum absolute atomic E-state index is 12.1. The van der Waals surface area contributed by atoms with Gasteiger partial charge in [-0.3, -0.25) is 0 Å². The molecule has 0 aliphatic carbocycles. The number of rotatable bonds is 3. The van der Waals surface area contributed by atoms with Gasteiger partial charge in [0.25, 0.3) is 0 Å². The highest BCUT2D eigenvalue weighted by atomic mass is 19.1. The van der Waals surface area contributed by atoms with Crippen LogP contribution in [0, 0.1) is 0 Å². The van der Waals surface area contributed by atoms with Gasteiger partial charge in [0.1, 0.15) is 5.83 Å². The second-order valence-electron chi connectivity index (χ2n) is 1.37. The Kier molecular flexibility index (Phi) is 4.73. The van der Waals surface area contributed by atoms with Gasteiger partial charge in [0, 0.05) is 0 Å². The van der Waals surface area contributed by atoms with Crippen LogP contribution in [0.1, 0.15) is 0 Å². The molecule has 0 aromatic heterocycles. The van der Waals surface area contributed by atoms with E-state index in [-0.39, 0.29) is 6.61 Å². The fraction of sp³-hybridized carbons (Fsp3) is 0.143. The maximum Gasteiger partial charge on any atom is 0.122 e. The molecule has 0 aromatic carbocycles. The minimum atomic E-state index is -0.403. The number of aliphatic hydroxyl groups is 1. The minimum absolute atomic E-state index is 0.0685. The van der Waals surface area contributed by atoms with Crippen molar-refractivity contribution in [3.05, 3.63) is 36.7 Å². The van der Waals surface area contributed by atoms with E-state index in [4.69, 9.17) is 5.11 Å². The summed E-state index contributed by atoms with van der Waals surface area (Å²) in [6.07, 6.45) is 5.19. The molecule has 0 amide bonds. The lowest BCUT2D eigenvalue weighted by Crippen LogP contribution is -1.68. The molecule has 0 bridgehead atoms. The Balaban J connectivity index is 3.68. The molecule has 0 unspecified atom stereocenters. The van der Waals surface area contributed by atoms with E-state index in [1.54, 1.807) is 0 Å². The lowest BCUT2D eigenvalue weighted by atomic mass is 10.4. The van der Waals surface area contributed by atoms with Gasteiger partial charge >= 0.3 is 0 Å². The Labute approximate surface area is 53.8 Å². The lowest BCUT2D eigenvalue weighted by molar-refractivity contribution is 0.343. The minimum Gasteiger partial charge on any atom is -0.392 e. The molecular formula is C7H9FO. The first-order chi connectivity index (χ1) is 4.31. The van der Waals surface area contributed by atoms with Crippen LogP contribution in [0.15, 0.2) is 36.7 Å². The summed E-state index contributed by atoms with van der Waals surface area (Å²) in [5.74, 6) is -0.403. The quantitative estimate of drug-likeness (QED) is 0.572. The van der Waals surface area contributed by atoms with Gasteiger partial charge < -0.3 is 5.11 Å². The Morgan fingerprint density at radius 3 is 2.78 bits per heavy atom. The number of hydrogen-bond acceptors (Lipinski definition) is 1. The molecule has 0 spiro atoms. The largest absolute Gasteiger partial charge is 0.392 e.